The third kappa shape index (κ3) is 4.27. The van der Waals surface area contributed by atoms with Crippen LogP contribution in [0.4, 0.5) is 0 Å². The monoisotopic (exact) mass is 349 g/mol. The number of carbonyl (C=O) groups excluding carboxylic acids is 1. The quantitative estimate of drug-likeness (QED) is 0.690. The van der Waals surface area contributed by atoms with E-state index in [1.165, 1.54) is 19.1 Å². The van der Waals surface area contributed by atoms with E-state index in [4.69, 9.17) is 5.11 Å². The molecule has 2 atom stereocenters. The molecular weight excluding hydrogens is 330 g/mol. The Morgan fingerprint density at radius 2 is 1.58 bits per heavy atom. The van der Waals surface area contributed by atoms with Crippen LogP contribution < -0.4 is 4.72 Å². The molecule has 24 heavy (non-hydrogen) atoms. The van der Waals surface area contributed by atoms with Crippen molar-refractivity contribution in [1.29, 1.82) is 0 Å². The summed E-state index contributed by atoms with van der Waals surface area (Å²) in [5.74, 6) is -0.797. The highest BCUT2D eigenvalue weighted by Crippen LogP contribution is 2.21. The molecule has 2 aromatic rings. The van der Waals surface area contributed by atoms with E-state index in [-0.39, 0.29) is 4.90 Å². The van der Waals surface area contributed by atoms with Crippen LogP contribution >= 0.6 is 0 Å². The summed E-state index contributed by atoms with van der Waals surface area (Å²) in [5.41, 5.74) is 1.81. The van der Waals surface area contributed by atoms with Crippen LogP contribution in [0, 0.1) is 0 Å². The first-order valence-corrected chi connectivity index (χ1v) is 8.83. The largest absolute Gasteiger partial charge is 0.391 e. The van der Waals surface area contributed by atoms with Crippen LogP contribution in [0.3, 0.4) is 0 Å². The summed E-state index contributed by atoms with van der Waals surface area (Å²) < 4.78 is 26.8. The summed E-state index contributed by atoms with van der Waals surface area (Å²) in [5, 5.41) is 18.4. The van der Waals surface area contributed by atoms with E-state index in [2.05, 4.69) is 4.72 Å². The molecule has 0 radical (unpaired) electrons. The fourth-order valence-corrected chi connectivity index (χ4v) is 3.52. The third-order valence-electron chi connectivity index (χ3n) is 3.54. The number of aliphatic hydroxyl groups excluding tert-OH is 2. The molecule has 0 unspecified atom stereocenters. The molecule has 3 N–H and O–H groups in total. The van der Waals surface area contributed by atoms with Crippen molar-refractivity contribution < 1.29 is 23.4 Å². The topological polar surface area (TPSA) is 104 Å². The zero-order valence-corrected chi connectivity index (χ0v) is 13.9. The average molecular weight is 349 g/mol. The van der Waals surface area contributed by atoms with Crippen LogP contribution in [0.2, 0.25) is 0 Å². The SMILES string of the molecule is C[C@@H](O)[C@H](NS(=O)(=O)c1ccc(-c2ccccc2)cc1)C(=O)CO. The highest BCUT2D eigenvalue weighted by molar-refractivity contribution is 7.89. The molecular formula is C17H19NO5S. The van der Waals surface area contributed by atoms with Crippen LogP contribution in [-0.2, 0) is 14.8 Å². The number of hydrogen-bond donors (Lipinski definition) is 3. The average Bonchev–Trinajstić information content (AvgIpc) is 2.59. The van der Waals surface area contributed by atoms with Gasteiger partial charge < -0.3 is 10.2 Å². The number of benzene rings is 2. The number of sulfonamides is 1. The van der Waals surface area contributed by atoms with Gasteiger partial charge in [0.15, 0.2) is 5.78 Å². The minimum atomic E-state index is -4.00. The van der Waals surface area contributed by atoms with Gasteiger partial charge >= 0.3 is 0 Å². The molecule has 2 aromatic carbocycles. The van der Waals surface area contributed by atoms with Crippen molar-refractivity contribution in [2.45, 2.75) is 24.0 Å². The van der Waals surface area contributed by atoms with Crippen molar-refractivity contribution in [2.75, 3.05) is 6.61 Å². The lowest BCUT2D eigenvalue weighted by Crippen LogP contribution is -2.48. The molecule has 0 spiro atoms. The summed E-state index contributed by atoms with van der Waals surface area (Å²) in [6.07, 6.45) is -1.26. The zero-order valence-electron chi connectivity index (χ0n) is 13.1. The van der Waals surface area contributed by atoms with Gasteiger partial charge in [0.2, 0.25) is 10.0 Å². The molecule has 0 bridgehead atoms. The molecule has 0 aliphatic rings. The predicted molar refractivity (Wildman–Crippen MR) is 89.8 cm³/mol. The number of rotatable bonds is 7. The van der Waals surface area contributed by atoms with Gasteiger partial charge in [-0.15, -0.1) is 0 Å². The highest BCUT2D eigenvalue weighted by atomic mass is 32.2. The lowest BCUT2D eigenvalue weighted by Gasteiger charge is -2.19. The van der Waals surface area contributed by atoms with Crippen LogP contribution in [0.1, 0.15) is 6.92 Å². The Kier molecular flexibility index (Phi) is 5.84. The number of nitrogens with one attached hydrogen (secondary N) is 1. The highest BCUT2D eigenvalue weighted by Gasteiger charge is 2.28. The number of ketones is 1. The predicted octanol–water partition coefficient (Wildman–Crippen LogP) is 0.943. The summed E-state index contributed by atoms with van der Waals surface area (Å²) >= 11 is 0. The van der Waals surface area contributed by atoms with Crippen LogP contribution in [0.15, 0.2) is 59.5 Å². The summed E-state index contributed by atoms with van der Waals surface area (Å²) in [6.45, 7) is 0.421. The van der Waals surface area contributed by atoms with Gasteiger partial charge in [0, 0.05) is 0 Å². The van der Waals surface area contributed by atoms with Crippen molar-refractivity contribution >= 4 is 15.8 Å². The van der Waals surface area contributed by atoms with Gasteiger partial charge in [-0.2, -0.15) is 4.72 Å². The smallest absolute Gasteiger partial charge is 0.241 e. The summed E-state index contributed by atoms with van der Waals surface area (Å²) in [4.78, 5) is 11.5. The number of carbonyl (C=O) groups is 1. The van der Waals surface area contributed by atoms with Crippen LogP contribution in [0.5, 0.6) is 0 Å². The maximum atomic E-state index is 12.4. The second-order valence-corrected chi connectivity index (χ2v) is 7.07. The van der Waals surface area contributed by atoms with Gasteiger partial charge in [-0.3, -0.25) is 4.79 Å². The molecule has 0 saturated carbocycles. The molecule has 0 amide bonds. The van der Waals surface area contributed by atoms with E-state index >= 15 is 0 Å². The van der Waals surface area contributed by atoms with E-state index in [1.807, 2.05) is 30.3 Å². The molecule has 0 fully saturated rings. The Balaban J connectivity index is 2.25. The molecule has 7 heteroatoms. The number of hydrogen-bond acceptors (Lipinski definition) is 5. The van der Waals surface area contributed by atoms with E-state index in [9.17, 15) is 18.3 Å². The van der Waals surface area contributed by atoms with Gasteiger partial charge in [-0.25, -0.2) is 8.42 Å². The van der Waals surface area contributed by atoms with E-state index in [1.54, 1.807) is 12.1 Å². The third-order valence-corrected chi connectivity index (χ3v) is 5.00. The minimum Gasteiger partial charge on any atom is -0.391 e. The Morgan fingerprint density at radius 3 is 2.08 bits per heavy atom. The normalized spacial score (nSPS) is 14.1. The molecule has 6 nitrogen and oxygen atoms in total. The zero-order chi connectivity index (χ0) is 17.7. The fraction of sp³-hybridized carbons (Fsp3) is 0.235. The summed E-state index contributed by atoms with van der Waals surface area (Å²) in [6, 6.07) is 14.3. The van der Waals surface area contributed by atoms with E-state index < -0.39 is 34.6 Å². The first-order valence-electron chi connectivity index (χ1n) is 7.34. The number of Topliss-reactive ketones (excluding diaryl/α,β-unsaturated/α-hetero) is 1. The van der Waals surface area contributed by atoms with Crippen LogP contribution in [-0.4, -0.2) is 43.2 Å². The number of aliphatic hydroxyl groups is 2. The van der Waals surface area contributed by atoms with Gasteiger partial charge in [0.1, 0.15) is 12.6 Å². The van der Waals surface area contributed by atoms with Gasteiger partial charge in [-0.1, -0.05) is 42.5 Å². The lowest BCUT2D eigenvalue weighted by molar-refractivity contribution is -0.125. The first-order chi connectivity index (χ1) is 11.3. The molecule has 0 aliphatic heterocycles. The van der Waals surface area contributed by atoms with Crippen molar-refractivity contribution in [3.63, 3.8) is 0 Å². The molecule has 2 rings (SSSR count). The van der Waals surface area contributed by atoms with Crippen molar-refractivity contribution in [2.24, 2.45) is 0 Å². The van der Waals surface area contributed by atoms with Gasteiger partial charge in [0.05, 0.1) is 11.0 Å². The van der Waals surface area contributed by atoms with Crippen LogP contribution in [0.25, 0.3) is 11.1 Å². The second kappa shape index (κ2) is 7.67. The Morgan fingerprint density at radius 1 is 1.04 bits per heavy atom. The van der Waals surface area contributed by atoms with Crippen molar-refractivity contribution in [3.05, 3.63) is 54.6 Å². The molecule has 0 heterocycles. The second-order valence-electron chi connectivity index (χ2n) is 5.35. The Hall–Kier alpha value is -2.06. The van der Waals surface area contributed by atoms with Gasteiger partial charge in [0.25, 0.3) is 0 Å². The standard InChI is InChI=1S/C17H19NO5S/c1-12(20)17(16(21)11-19)18-24(22,23)15-9-7-14(8-10-15)13-5-3-2-4-6-13/h2-10,12,17-20H,11H2,1H3/t12-,17+/m1/s1. The lowest BCUT2D eigenvalue weighted by atomic mass is 10.1. The Labute approximate surface area is 140 Å². The maximum Gasteiger partial charge on any atom is 0.241 e. The molecule has 0 aliphatic carbocycles. The summed E-state index contributed by atoms with van der Waals surface area (Å²) in [7, 11) is -4.00. The first kappa shape index (κ1) is 18.3. The minimum absolute atomic E-state index is 0.0291. The van der Waals surface area contributed by atoms with E-state index in [0.29, 0.717) is 0 Å². The van der Waals surface area contributed by atoms with E-state index in [0.717, 1.165) is 11.1 Å². The fourth-order valence-electron chi connectivity index (χ4n) is 2.22. The molecule has 0 saturated heterocycles. The molecule has 0 aromatic heterocycles. The van der Waals surface area contributed by atoms with Gasteiger partial charge in [-0.05, 0) is 30.2 Å². The van der Waals surface area contributed by atoms with Crippen molar-refractivity contribution in [3.8, 4) is 11.1 Å². The van der Waals surface area contributed by atoms with Crippen molar-refractivity contribution in [1.82, 2.24) is 4.72 Å². The maximum absolute atomic E-state index is 12.4. The Bertz CT molecular complexity index is 785. The molecule has 128 valence electrons.